The summed E-state index contributed by atoms with van der Waals surface area (Å²) in [4.78, 5) is 24.0. The predicted octanol–water partition coefficient (Wildman–Crippen LogP) is 0.602. The Labute approximate surface area is 130 Å². The second-order valence-corrected chi connectivity index (χ2v) is 5.88. The summed E-state index contributed by atoms with van der Waals surface area (Å²) in [6, 6.07) is -0.506. The molecular formula is C13H26BN2O4S. The van der Waals surface area contributed by atoms with Gasteiger partial charge >= 0.3 is 0 Å². The number of carbonyl (C=O) groups is 2. The van der Waals surface area contributed by atoms with E-state index < -0.39 is 22.9 Å². The van der Waals surface area contributed by atoms with Gasteiger partial charge < -0.3 is 15.2 Å². The van der Waals surface area contributed by atoms with Crippen LogP contribution >= 0.6 is 0 Å². The molecule has 0 saturated heterocycles. The lowest BCUT2D eigenvalue weighted by atomic mass is 9.67. The molecule has 1 radical (unpaired) electrons. The molecule has 0 aliphatic carbocycles. The molecule has 0 aliphatic heterocycles. The molecule has 121 valence electrons. The minimum Gasteiger partial charge on any atom is -0.347 e. The van der Waals surface area contributed by atoms with Crippen molar-refractivity contribution in [2.75, 3.05) is 19.3 Å². The lowest BCUT2D eigenvalue weighted by molar-refractivity contribution is -0.127. The van der Waals surface area contributed by atoms with E-state index in [1.54, 1.807) is 21.0 Å². The number of amides is 1. The van der Waals surface area contributed by atoms with Gasteiger partial charge in [0.25, 0.3) is 0 Å². The summed E-state index contributed by atoms with van der Waals surface area (Å²) < 4.78 is 19.7. The smallest absolute Gasteiger partial charge is 0.216 e. The van der Waals surface area contributed by atoms with Crippen molar-refractivity contribution in [1.29, 1.82) is 0 Å². The number of carbonyl (C=O) groups excluding carboxylic acids is 2. The zero-order valence-electron chi connectivity index (χ0n) is 13.1. The normalized spacial score (nSPS) is 15.0. The molecule has 3 unspecified atom stereocenters. The van der Waals surface area contributed by atoms with Crippen LogP contribution in [0.15, 0.2) is 0 Å². The van der Waals surface area contributed by atoms with Crippen LogP contribution in [0.5, 0.6) is 0 Å². The Morgan fingerprint density at radius 2 is 2.00 bits per heavy atom. The van der Waals surface area contributed by atoms with E-state index in [1.165, 1.54) is 0 Å². The molecule has 0 fully saturated rings. The van der Waals surface area contributed by atoms with Gasteiger partial charge in [-0.05, 0) is 32.9 Å². The van der Waals surface area contributed by atoms with Crippen molar-refractivity contribution in [2.45, 2.75) is 51.3 Å². The maximum absolute atomic E-state index is 12.1. The maximum atomic E-state index is 12.1. The fraction of sp³-hybridized carbons (Fsp3) is 0.846. The SMILES string of the molecule is C[B]C(CS(=O)O)C(=O)NC(CCCCNC)C(=O)CC. The van der Waals surface area contributed by atoms with Gasteiger partial charge in [-0.25, -0.2) is 4.21 Å². The van der Waals surface area contributed by atoms with Crippen LogP contribution in [0.2, 0.25) is 12.6 Å². The molecule has 0 aromatic rings. The van der Waals surface area contributed by atoms with Gasteiger partial charge in [0.2, 0.25) is 5.91 Å². The van der Waals surface area contributed by atoms with E-state index in [2.05, 4.69) is 10.6 Å². The van der Waals surface area contributed by atoms with Crippen LogP contribution in [0, 0.1) is 0 Å². The molecule has 0 aromatic heterocycles. The Kier molecular flexibility index (Phi) is 11.5. The molecule has 0 saturated carbocycles. The van der Waals surface area contributed by atoms with E-state index in [1.807, 2.05) is 7.05 Å². The summed E-state index contributed by atoms with van der Waals surface area (Å²) >= 11 is -2.04. The van der Waals surface area contributed by atoms with Gasteiger partial charge in [-0.15, -0.1) is 0 Å². The molecule has 8 heteroatoms. The van der Waals surface area contributed by atoms with Crippen molar-refractivity contribution in [3.05, 3.63) is 0 Å². The molecule has 0 aliphatic rings. The first-order valence-corrected chi connectivity index (χ1v) is 8.58. The van der Waals surface area contributed by atoms with E-state index in [4.69, 9.17) is 4.55 Å². The number of nitrogens with one attached hydrogen (secondary N) is 2. The molecule has 0 heterocycles. The maximum Gasteiger partial charge on any atom is 0.216 e. The number of hydrogen-bond acceptors (Lipinski definition) is 4. The average molecular weight is 317 g/mol. The molecule has 0 bridgehead atoms. The summed E-state index contributed by atoms with van der Waals surface area (Å²) in [5.74, 6) is -1.16. The van der Waals surface area contributed by atoms with Crippen molar-refractivity contribution in [3.63, 3.8) is 0 Å². The number of hydrogen-bond donors (Lipinski definition) is 3. The largest absolute Gasteiger partial charge is 0.347 e. The highest BCUT2D eigenvalue weighted by molar-refractivity contribution is 7.79. The second-order valence-electron chi connectivity index (χ2n) is 4.91. The first-order valence-electron chi connectivity index (χ1n) is 7.30. The average Bonchev–Trinajstić information content (AvgIpc) is 2.46. The minimum atomic E-state index is -2.04. The van der Waals surface area contributed by atoms with Crippen LogP contribution in [0.3, 0.4) is 0 Å². The lowest BCUT2D eigenvalue weighted by Gasteiger charge is -2.20. The summed E-state index contributed by atoms with van der Waals surface area (Å²) in [5.41, 5.74) is 0. The van der Waals surface area contributed by atoms with Crippen LogP contribution in [-0.4, -0.2) is 53.1 Å². The summed E-state index contributed by atoms with van der Waals surface area (Å²) in [5, 5.41) is 5.75. The molecule has 21 heavy (non-hydrogen) atoms. The molecular weight excluding hydrogens is 291 g/mol. The number of rotatable bonds is 12. The van der Waals surface area contributed by atoms with Gasteiger partial charge in [-0.2, -0.15) is 0 Å². The first kappa shape index (κ1) is 20.3. The molecule has 0 rings (SSSR count). The summed E-state index contributed by atoms with van der Waals surface area (Å²) in [6.07, 6.45) is 2.73. The first-order chi connectivity index (χ1) is 9.96. The Balaban J connectivity index is 4.52. The molecule has 0 aromatic carbocycles. The van der Waals surface area contributed by atoms with Crippen molar-refractivity contribution in [1.82, 2.24) is 10.6 Å². The number of ketones is 1. The van der Waals surface area contributed by atoms with E-state index in [0.717, 1.165) is 19.4 Å². The molecule has 1 amide bonds. The third-order valence-corrected chi connectivity index (χ3v) is 3.93. The van der Waals surface area contributed by atoms with Gasteiger partial charge in [0.05, 0.1) is 11.8 Å². The van der Waals surface area contributed by atoms with Crippen LogP contribution < -0.4 is 10.6 Å². The predicted molar refractivity (Wildman–Crippen MR) is 86.0 cm³/mol. The van der Waals surface area contributed by atoms with Gasteiger partial charge in [0.15, 0.2) is 16.9 Å². The molecule has 0 spiro atoms. The summed E-state index contributed by atoms with van der Waals surface area (Å²) in [7, 11) is 3.45. The third kappa shape index (κ3) is 9.00. The van der Waals surface area contributed by atoms with Gasteiger partial charge in [-0.3, -0.25) is 9.59 Å². The number of Topliss-reactive ketones (excluding diaryl/α,β-unsaturated/α-hetero) is 1. The fourth-order valence-electron chi connectivity index (χ4n) is 1.97. The zero-order valence-corrected chi connectivity index (χ0v) is 13.9. The van der Waals surface area contributed by atoms with E-state index >= 15 is 0 Å². The van der Waals surface area contributed by atoms with Crippen molar-refractivity contribution in [3.8, 4) is 0 Å². The highest BCUT2D eigenvalue weighted by atomic mass is 32.2. The Morgan fingerprint density at radius 1 is 1.33 bits per heavy atom. The quantitative estimate of drug-likeness (QED) is 0.278. The lowest BCUT2D eigenvalue weighted by Crippen LogP contribution is -2.44. The van der Waals surface area contributed by atoms with Crippen LogP contribution in [0.1, 0.15) is 32.6 Å². The van der Waals surface area contributed by atoms with E-state index in [9.17, 15) is 13.8 Å². The van der Waals surface area contributed by atoms with E-state index in [-0.39, 0.29) is 17.4 Å². The van der Waals surface area contributed by atoms with Crippen molar-refractivity contribution in [2.24, 2.45) is 0 Å². The van der Waals surface area contributed by atoms with Gasteiger partial charge in [-0.1, -0.05) is 13.7 Å². The topological polar surface area (TPSA) is 95.5 Å². The second kappa shape index (κ2) is 11.9. The number of unbranched alkanes of at least 4 members (excludes halogenated alkanes) is 1. The molecule has 3 N–H and O–H groups in total. The standard InChI is InChI=1S/C13H26BN2O4S/c1-4-12(17)11(7-5-6-8-15-3)16-13(18)10(14-2)9-21(19)20/h10-11,15H,4-9H2,1-3H3,(H,16,18)(H,19,20). The minimum absolute atomic E-state index is 0.00668. The van der Waals surface area contributed by atoms with E-state index in [0.29, 0.717) is 12.8 Å². The Morgan fingerprint density at radius 3 is 2.48 bits per heavy atom. The summed E-state index contributed by atoms with van der Waals surface area (Å²) in [6.45, 7) is 4.30. The van der Waals surface area contributed by atoms with Crippen LogP contribution in [-0.2, 0) is 20.7 Å². The van der Waals surface area contributed by atoms with Gasteiger partial charge in [0, 0.05) is 12.2 Å². The monoisotopic (exact) mass is 317 g/mol. The zero-order chi connectivity index (χ0) is 16.3. The van der Waals surface area contributed by atoms with Crippen LogP contribution in [0.4, 0.5) is 0 Å². The Hall–Kier alpha value is -0.725. The highest BCUT2D eigenvalue weighted by Crippen LogP contribution is 2.09. The van der Waals surface area contributed by atoms with Crippen molar-refractivity contribution < 1.29 is 18.4 Å². The Bertz CT molecular complexity index is 355. The van der Waals surface area contributed by atoms with Gasteiger partial charge in [0.1, 0.15) is 7.28 Å². The van der Waals surface area contributed by atoms with Crippen LogP contribution in [0.25, 0.3) is 0 Å². The molecule has 6 nitrogen and oxygen atoms in total. The van der Waals surface area contributed by atoms with Crippen molar-refractivity contribution >= 4 is 30.1 Å². The molecule has 3 atom stereocenters. The highest BCUT2D eigenvalue weighted by Gasteiger charge is 2.24. The fourth-order valence-corrected chi connectivity index (χ4v) is 2.62. The third-order valence-electron chi connectivity index (χ3n) is 3.28.